The number of amides is 1. The van der Waals surface area contributed by atoms with Crippen LogP contribution in [0.3, 0.4) is 0 Å². The normalized spacial score (nSPS) is 18.9. The molecule has 172 valence electrons. The standard InChI is InChI=1S/C21H26ClF3N2O3S/c1-3-16(22)14(5-4-13-6-7-30-12-13)8-18(31-2)20(28)26-15-9-17(23)21(29)27(10-15)11-19(24)25/h9-10,13-14,16,18-19H,3,6-8,11-12H2,1-2H3,(H,26,28)/t13-,14?,16?,18?/m0/s1. The maximum Gasteiger partial charge on any atom is 0.286 e. The third-order valence-electron chi connectivity index (χ3n) is 4.92. The highest BCUT2D eigenvalue weighted by Crippen LogP contribution is 2.26. The molecule has 10 heteroatoms. The highest BCUT2D eigenvalue weighted by Gasteiger charge is 2.26. The molecule has 3 unspecified atom stereocenters. The van der Waals surface area contributed by atoms with Gasteiger partial charge in [0.15, 0.2) is 5.82 Å². The number of nitrogens with one attached hydrogen (secondary N) is 1. The Labute approximate surface area is 189 Å². The van der Waals surface area contributed by atoms with E-state index in [1.165, 1.54) is 11.8 Å². The zero-order valence-electron chi connectivity index (χ0n) is 17.4. The summed E-state index contributed by atoms with van der Waals surface area (Å²) in [6, 6.07) is 0.827. The minimum atomic E-state index is -2.83. The van der Waals surface area contributed by atoms with Gasteiger partial charge in [-0.3, -0.25) is 9.59 Å². The fraction of sp³-hybridized carbons (Fsp3) is 0.619. The summed E-state index contributed by atoms with van der Waals surface area (Å²) in [4.78, 5) is 24.4. The molecule has 1 saturated heterocycles. The van der Waals surface area contributed by atoms with Crippen LogP contribution in [0.2, 0.25) is 0 Å². The lowest BCUT2D eigenvalue weighted by Crippen LogP contribution is -2.31. The Hall–Kier alpha value is -1.63. The average molecular weight is 479 g/mol. The van der Waals surface area contributed by atoms with E-state index in [0.717, 1.165) is 18.7 Å². The van der Waals surface area contributed by atoms with E-state index in [4.69, 9.17) is 16.3 Å². The molecular weight excluding hydrogens is 453 g/mol. The predicted octanol–water partition coefficient (Wildman–Crippen LogP) is 3.99. The van der Waals surface area contributed by atoms with Crippen LogP contribution < -0.4 is 10.9 Å². The third kappa shape index (κ3) is 7.78. The third-order valence-corrected chi connectivity index (χ3v) is 6.51. The first-order valence-electron chi connectivity index (χ1n) is 9.99. The van der Waals surface area contributed by atoms with Crippen LogP contribution in [0, 0.1) is 29.5 Å². The van der Waals surface area contributed by atoms with Crippen LogP contribution in [0.25, 0.3) is 0 Å². The molecule has 0 saturated carbocycles. The number of rotatable bonds is 9. The van der Waals surface area contributed by atoms with Crippen LogP contribution in [0.4, 0.5) is 18.9 Å². The number of ether oxygens (including phenoxy) is 1. The summed E-state index contributed by atoms with van der Waals surface area (Å²) >= 11 is 7.75. The number of hydrogen-bond acceptors (Lipinski definition) is 4. The van der Waals surface area contributed by atoms with Crippen LogP contribution in [0.1, 0.15) is 26.2 Å². The first-order chi connectivity index (χ1) is 14.7. The van der Waals surface area contributed by atoms with E-state index >= 15 is 0 Å². The number of hydrogen-bond donors (Lipinski definition) is 1. The van der Waals surface area contributed by atoms with Gasteiger partial charge in [0.2, 0.25) is 5.91 Å². The largest absolute Gasteiger partial charge is 0.380 e. The quantitative estimate of drug-likeness (QED) is 0.431. The summed E-state index contributed by atoms with van der Waals surface area (Å²) in [5, 5.41) is 1.72. The molecule has 1 aromatic rings. The van der Waals surface area contributed by atoms with Crippen molar-refractivity contribution in [1.82, 2.24) is 4.57 Å². The lowest BCUT2D eigenvalue weighted by atomic mass is 9.96. The zero-order valence-corrected chi connectivity index (χ0v) is 18.9. The zero-order chi connectivity index (χ0) is 23.0. The molecular formula is C21H26ClF3N2O3S. The number of anilines is 1. The predicted molar refractivity (Wildman–Crippen MR) is 117 cm³/mol. The Kier molecular flexibility index (Phi) is 10.3. The van der Waals surface area contributed by atoms with Gasteiger partial charge in [-0.1, -0.05) is 18.8 Å². The van der Waals surface area contributed by atoms with Gasteiger partial charge >= 0.3 is 0 Å². The molecule has 1 fully saturated rings. The Morgan fingerprint density at radius 2 is 2.23 bits per heavy atom. The molecule has 0 aromatic carbocycles. The van der Waals surface area contributed by atoms with Crippen molar-refractivity contribution in [3.63, 3.8) is 0 Å². The molecule has 0 bridgehead atoms. The number of thioether (sulfide) groups is 1. The molecule has 1 N–H and O–H groups in total. The average Bonchev–Trinajstić information content (AvgIpc) is 3.24. The molecule has 1 aliphatic heterocycles. The van der Waals surface area contributed by atoms with Crippen molar-refractivity contribution in [3.8, 4) is 11.8 Å². The molecule has 0 spiro atoms. The molecule has 1 aliphatic rings. The van der Waals surface area contributed by atoms with Crippen molar-refractivity contribution < 1.29 is 22.7 Å². The Morgan fingerprint density at radius 3 is 2.81 bits per heavy atom. The second-order valence-electron chi connectivity index (χ2n) is 7.25. The molecule has 2 heterocycles. The van der Waals surface area contributed by atoms with E-state index in [1.807, 2.05) is 6.92 Å². The fourth-order valence-corrected chi connectivity index (χ4v) is 4.01. The smallest absolute Gasteiger partial charge is 0.286 e. The van der Waals surface area contributed by atoms with Crippen LogP contribution in [-0.4, -0.2) is 47.0 Å². The number of nitrogens with zero attached hydrogens (tertiary/aromatic N) is 1. The van der Waals surface area contributed by atoms with Gasteiger partial charge < -0.3 is 14.6 Å². The van der Waals surface area contributed by atoms with E-state index in [-0.39, 0.29) is 22.9 Å². The number of carbonyl (C=O) groups is 1. The highest BCUT2D eigenvalue weighted by molar-refractivity contribution is 7.99. The van der Waals surface area contributed by atoms with E-state index in [1.54, 1.807) is 6.26 Å². The van der Waals surface area contributed by atoms with E-state index in [0.29, 0.717) is 30.6 Å². The SMILES string of the molecule is CCC(Cl)C(C#C[C@H]1CCOC1)CC(SC)C(=O)Nc1cc(F)c(=O)n(CC(F)F)c1. The summed E-state index contributed by atoms with van der Waals surface area (Å²) in [6.45, 7) is 2.25. The lowest BCUT2D eigenvalue weighted by Gasteiger charge is -2.21. The summed E-state index contributed by atoms with van der Waals surface area (Å²) in [7, 11) is 0. The molecule has 2 rings (SSSR count). The van der Waals surface area contributed by atoms with Crippen LogP contribution in [-0.2, 0) is 16.1 Å². The lowest BCUT2D eigenvalue weighted by molar-refractivity contribution is -0.115. The summed E-state index contributed by atoms with van der Waals surface area (Å²) in [6.07, 6.45) is 1.85. The van der Waals surface area contributed by atoms with Gasteiger partial charge in [-0.25, -0.2) is 13.2 Å². The number of halogens is 4. The fourth-order valence-electron chi connectivity index (χ4n) is 3.17. The van der Waals surface area contributed by atoms with E-state index in [9.17, 15) is 22.8 Å². The second-order valence-corrected chi connectivity index (χ2v) is 8.86. The highest BCUT2D eigenvalue weighted by atomic mass is 35.5. The van der Waals surface area contributed by atoms with Crippen molar-refractivity contribution in [1.29, 1.82) is 0 Å². The van der Waals surface area contributed by atoms with Gasteiger partial charge in [0.1, 0.15) is 0 Å². The minimum absolute atomic E-state index is 0.0644. The van der Waals surface area contributed by atoms with Crippen LogP contribution in [0.15, 0.2) is 17.1 Å². The van der Waals surface area contributed by atoms with Crippen molar-refractivity contribution in [2.75, 3.05) is 24.8 Å². The Balaban J connectivity index is 2.14. The van der Waals surface area contributed by atoms with Gasteiger partial charge in [0.25, 0.3) is 12.0 Å². The maximum absolute atomic E-state index is 13.9. The second kappa shape index (κ2) is 12.4. The van der Waals surface area contributed by atoms with Crippen molar-refractivity contribution in [2.45, 2.75) is 49.8 Å². The van der Waals surface area contributed by atoms with Gasteiger partial charge in [0, 0.05) is 36.1 Å². The molecule has 0 aliphatic carbocycles. The first-order valence-corrected chi connectivity index (χ1v) is 11.7. The molecule has 0 radical (unpaired) electrons. The van der Waals surface area contributed by atoms with Crippen molar-refractivity contribution >= 4 is 35.0 Å². The molecule has 1 amide bonds. The van der Waals surface area contributed by atoms with Crippen molar-refractivity contribution in [2.24, 2.45) is 11.8 Å². The topological polar surface area (TPSA) is 60.3 Å². The summed E-state index contributed by atoms with van der Waals surface area (Å²) in [5.41, 5.74) is -1.23. The molecule has 5 nitrogen and oxygen atoms in total. The molecule has 4 atom stereocenters. The molecule has 1 aromatic heterocycles. The van der Waals surface area contributed by atoms with Crippen molar-refractivity contribution in [3.05, 3.63) is 28.4 Å². The van der Waals surface area contributed by atoms with E-state index in [2.05, 4.69) is 17.2 Å². The monoisotopic (exact) mass is 478 g/mol. The first kappa shape index (κ1) is 25.6. The van der Waals surface area contributed by atoms with Crippen LogP contribution >= 0.6 is 23.4 Å². The van der Waals surface area contributed by atoms with Gasteiger partial charge in [0.05, 0.1) is 24.1 Å². The Bertz CT molecular complexity index is 866. The number of pyridine rings is 1. The maximum atomic E-state index is 13.9. The minimum Gasteiger partial charge on any atom is -0.380 e. The van der Waals surface area contributed by atoms with E-state index < -0.39 is 35.5 Å². The number of alkyl halides is 3. The summed E-state index contributed by atoms with van der Waals surface area (Å²) < 4.78 is 45.0. The van der Waals surface area contributed by atoms with Crippen LogP contribution in [0.5, 0.6) is 0 Å². The van der Waals surface area contributed by atoms with Gasteiger partial charge in [-0.15, -0.1) is 11.6 Å². The summed E-state index contributed by atoms with van der Waals surface area (Å²) in [5.74, 6) is 4.66. The molecule has 31 heavy (non-hydrogen) atoms. The number of carbonyl (C=O) groups excluding carboxylic acids is 1. The van der Waals surface area contributed by atoms with Gasteiger partial charge in [-0.05, 0) is 25.5 Å². The Morgan fingerprint density at radius 1 is 1.48 bits per heavy atom. The number of aromatic nitrogens is 1. The van der Waals surface area contributed by atoms with Gasteiger partial charge in [-0.2, -0.15) is 11.8 Å².